The van der Waals surface area contributed by atoms with E-state index in [1.807, 2.05) is 6.92 Å². The highest BCUT2D eigenvalue weighted by Crippen LogP contribution is 2.37. The average Bonchev–Trinajstić information content (AvgIpc) is 2.78. The van der Waals surface area contributed by atoms with Crippen molar-refractivity contribution in [3.8, 4) is 0 Å². The Morgan fingerprint density at radius 3 is 2.43 bits per heavy atom. The van der Waals surface area contributed by atoms with Crippen LogP contribution in [0.25, 0.3) is 0 Å². The summed E-state index contributed by atoms with van der Waals surface area (Å²) in [5, 5.41) is 13.2. The molecule has 1 aliphatic heterocycles. The number of aromatic nitrogens is 2. The van der Waals surface area contributed by atoms with Crippen molar-refractivity contribution >= 4 is 27.6 Å². The molecule has 0 spiro atoms. The Balaban J connectivity index is 2.25. The molecule has 1 aromatic rings. The SMILES string of the molecule is CCC1(C(=O)O)CCN(S(=O)(=O)c2c(Cl)cnn2C)CC1. The van der Waals surface area contributed by atoms with Gasteiger partial charge in [-0.25, -0.2) is 8.42 Å². The Labute approximate surface area is 128 Å². The molecule has 21 heavy (non-hydrogen) atoms. The maximum Gasteiger partial charge on any atom is 0.309 e. The average molecular weight is 336 g/mol. The molecule has 0 radical (unpaired) electrons. The maximum absolute atomic E-state index is 12.6. The highest BCUT2D eigenvalue weighted by Gasteiger charge is 2.43. The Morgan fingerprint density at radius 2 is 2.05 bits per heavy atom. The van der Waals surface area contributed by atoms with Gasteiger partial charge < -0.3 is 5.11 Å². The fraction of sp³-hybridized carbons (Fsp3) is 0.667. The third-order valence-corrected chi connectivity index (χ3v) is 6.64. The third-order valence-electron chi connectivity index (χ3n) is 4.24. The number of hydrogen-bond acceptors (Lipinski definition) is 4. The second-order valence-electron chi connectivity index (χ2n) is 5.26. The zero-order valence-corrected chi connectivity index (χ0v) is 13.5. The second kappa shape index (κ2) is 5.58. The normalized spacial score (nSPS) is 19.6. The topological polar surface area (TPSA) is 92.5 Å². The molecular formula is C12H18ClN3O4S. The predicted octanol–water partition coefficient (Wildman–Crippen LogP) is 1.34. The Hall–Kier alpha value is -1.12. The number of rotatable bonds is 4. The minimum Gasteiger partial charge on any atom is -0.481 e. The fourth-order valence-corrected chi connectivity index (χ4v) is 4.73. The molecule has 1 aromatic heterocycles. The lowest BCUT2D eigenvalue weighted by molar-refractivity contribution is -0.151. The molecule has 9 heteroatoms. The molecule has 0 saturated carbocycles. The molecule has 1 N–H and O–H groups in total. The number of nitrogens with zero attached hydrogens (tertiary/aromatic N) is 3. The van der Waals surface area contributed by atoms with Crippen LogP contribution >= 0.6 is 11.6 Å². The van der Waals surface area contributed by atoms with Crippen molar-refractivity contribution in [2.45, 2.75) is 31.2 Å². The number of carbonyl (C=O) groups is 1. The summed E-state index contributed by atoms with van der Waals surface area (Å²) in [6, 6.07) is 0. The summed E-state index contributed by atoms with van der Waals surface area (Å²) in [6.07, 6.45) is 2.37. The number of carboxylic acids is 1. The maximum atomic E-state index is 12.6. The first kappa shape index (κ1) is 16.3. The molecule has 1 saturated heterocycles. The van der Waals surface area contributed by atoms with Gasteiger partial charge in [-0.2, -0.15) is 9.40 Å². The number of halogens is 1. The van der Waals surface area contributed by atoms with E-state index in [9.17, 15) is 18.3 Å². The lowest BCUT2D eigenvalue weighted by Crippen LogP contribution is -2.46. The minimum atomic E-state index is -3.76. The van der Waals surface area contributed by atoms with E-state index in [1.54, 1.807) is 0 Å². The van der Waals surface area contributed by atoms with Gasteiger partial charge in [-0.1, -0.05) is 18.5 Å². The Bertz CT molecular complexity index is 628. The van der Waals surface area contributed by atoms with Crippen molar-refractivity contribution in [2.24, 2.45) is 12.5 Å². The molecule has 0 amide bonds. The fourth-order valence-electron chi connectivity index (χ4n) is 2.69. The molecular weight excluding hydrogens is 318 g/mol. The van der Waals surface area contributed by atoms with E-state index >= 15 is 0 Å². The van der Waals surface area contributed by atoms with Gasteiger partial charge in [-0.15, -0.1) is 0 Å². The summed E-state index contributed by atoms with van der Waals surface area (Å²) in [7, 11) is -2.25. The summed E-state index contributed by atoms with van der Waals surface area (Å²) in [5.41, 5.74) is -0.831. The summed E-state index contributed by atoms with van der Waals surface area (Å²) in [6.45, 7) is 2.16. The lowest BCUT2D eigenvalue weighted by atomic mass is 9.77. The monoisotopic (exact) mass is 335 g/mol. The van der Waals surface area contributed by atoms with Crippen molar-refractivity contribution in [3.05, 3.63) is 11.2 Å². The molecule has 1 aliphatic rings. The van der Waals surface area contributed by atoms with Crippen LogP contribution in [0.5, 0.6) is 0 Å². The first-order chi connectivity index (χ1) is 9.74. The van der Waals surface area contributed by atoms with Crippen LogP contribution in [0.1, 0.15) is 26.2 Å². The van der Waals surface area contributed by atoms with Gasteiger partial charge >= 0.3 is 5.97 Å². The van der Waals surface area contributed by atoms with Gasteiger partial charge in [0, 0.05) is 20.1 Å². The van der Waals surface area contributed by atoms with E-state index in [1.165, 1.54) is 22.2 Å². The third kappa shape index (κ3) is 2.67. The van der Waals surface area contributed by atoms with Crippen LogP contribution in [0.3, 0.4) is 0 Å². The van der Waals surface area contributed by atoms with Gasteiger partial charge in [0.2, 0.25) is 0 Å². The van der Waals surface area contributed by atoms with E-state index in [0.717, 1.165) is 0 Å². The van der Waals surface area contributed by atoms with Gasteiger partial charge in [0.25, 0.3) is 10.0 Å². The molecule has 1 fully saturated rings. The quantitative estimate of drug-likeness (QED) is 0.896. The number of piperidine rings is 1. The number of aliphatic carboxylic acids is 1. The van der Waals surface area contributed by atoms with Crippen molar-refractivity contribution in [3.63, 3.8) is 0 Å². The van der Waals surface area contributed by atoms with Crippen LogP contribution in [0.4, 0.5) is 0 Å². The zero-order chi connectivity index (χ0) is 15.8. The summed E-state index contributed by atoms with van der Waals surface area (Å²) in [4.78, 5) is 11.4. The molecule has 118 valence electrons. The van der Waals surface area contributed by atoms with Gasteiger partial charge in [0.05, 0.1) is 16.6 Å². The number of sulfonamides is 1. The molecule has 0 atom stereocenters. The Kier molecular flexibility index (Phi) is 4.32. The van der Waals surface area contributed by atoms with Crippen LogP contribution in [-0.2, 0) is 21.9 Å². The van der Waals surface area contributed by atoms with Crippen molar-refractivity contribution in [1.82, 2.24) is 14.1 Å². The smallest absolute Gasteiger partial charge is 0.309 e. The largest absolute Gasteiger partial charge is 0.481 e. The molecule has 0 bridgehead atoms. The minimum absolute atomic E-state index is 0.0523. The van der Waals surface area contributed by atoms with E-state index in [2.05, 4.69) is 5.10 Å². The molecule has 0 unspecified atom stereocenters. The van der Waals surface area contributed by atoms with Crippen LogP contribution < -0.4 is 0 Å². The first-order valence-electron chi connectivity index (χ1n) is 6.65. The summed E-state index contributed by atoms with van der Waals surface area (Å²) in [5.74, 6) is -0.861. The summed E-state index contributed by atoms with van der Waals surface area (Å²) >= 11 is 5.90. The van der Waals surface area contributed by atoms with Crippen LogP contribution in [0, 0.1) is 5.41 Å². The van der Waals surface area contributed by atoms with Gasteiger partial charge in [-0.3, -0.25) is 9.48 Å². The number of hydrogen-bond donors (Lipinski definition) is 1. The molecule has 0 aliphatic carbocycles. The Morgan fingerprint density at radius 1 is 1.48 bits per heavy atom. The van der Waals surface area contributed by atoms with Crippen LogP contribution in [-0.4, -0.2) is 46.7 Å². The highest BCUT2D eigenvalue weighted by atomic mass is 35.5. The molecule has 0 aromatic carbocycles. The molecule has 2 heterocycles. The second-order valence-corrected chi connectivity index (χ2v) is 7.52. The van der Waals surface area contributed by atoms with Crippen molar-refractivity contribution in [1.29, 1.82) is 0 Å². The van der Waals surface area contributed by atoms with E-state index < -0.39 is 21.4 Å². The number of aryl methyl sites for hydroxylation is 1. The first-order valence-corrected chi connectivity index (χ1v) is 8.47. The van der Waals surface area contributed by atoms with Gasteiger partial charge in [0.1, 0.15) is 0 Å². The van der Waals surface area contributed by atoms with Crippen molar-refractivity contribution < 1.29 is 18.3 Å². The van der Waals surface area contributed by atoms with Crippen LogP contribution in [0.2, 0.25) is 5.02 Å². The lowest BCUT2D eigenvalue weighted by Gasteiger charge is -2.37. The van der Waals surface area contributed by atoms with Crippen molar-refractivity contribution in [2.75, 3.05) is 13.1 Å². The predicted molar refractivity (Wildman–Crippen MR) is 76.6 cm³/mol. The van der Waals surface area contributed by atoms with Gasteiger partial charge in [-0.05, 0) is 19.3 Å². The van der Waals surface area contributed by atoms with E-state index in [-0.39, 0.29) is 23.1 Å². The van der Waals surface area contributed by atoms with E-state index in [4.69, 9.17) is 11.6 Å². The molecule has 7 nitrogen and oxygen atoms in total. The zero-order valence-electron chi connectivity index (χ0n) is 11.9. The standard InChI is InChI=1S/C12H18ClN3O4S/c1-3-12(11(17)18)4-6-16(7-5-12)21(19,20)10-9(13)8-14-15(10)2/h8H,3-7H2,1-2H3,(H,17,18). The summed E-state index contributed by atoms with van der Waals surface area (Å²) < 4.78 is 27.7. The van der Waals surface area contributed by atoms with E-state index in [0.29, 0.717) is 19.3 Å². The highest BCUT2D eigenvalue weighted by molar-refractivity contribution is 7.89. The van der Waals surface area contributed by atoms with Crippen LogP contribution in [0.15, 0.2) is 11.2 Å². The van der Waals surface area contributed by atoms with Gasteiger partial charge in [0.15, 0.2) is 5.03 Å². The molecule has 2 rings (SSSR count). The number of carboxylic acid groups (broad SMARTS) is 1.